The predicted molar refractivity (Wildman–Crippen MR) is 95.1 cm³/mol. The molecular formula is C17H23F2N5O2S. The maximum atomic E-state index is 13.5. The molecule has 1 unspecified atom stereocenters. The molecule has 1 aromatic heterocycles. The average molecular weight is 399 g/mol. The van der Waals surface area contributed by atoms with Gasteiger partial charge in [0.2, 0.25) is 10.0 Å². The summed E-state index contributed by atoms with van der Waals surface area (Å²) in [5.74, 6) is -2.21. The molecule has 1 saturated heterocycles. The van der Waals surface area contributed by atoms with Gasteiger partial charge in [-0.3, -0.25) is 4.68 Å². The van der Waals surface area contributed by atoms with Gasteiger partial charge in [0.1, 0.15) is 5.69 Å². The van der Waals surface area contributed by atoms with Crippen molar-refractivity contribution in [3.63, 3.8) is 0 Å². The lowest BCUT2D eigenvalue weighted by Crippen LogP contribution is -2.41. The third kappa shape index (κ3) is 4.33. The van der Waals surface area contributed by atoms with E-state index in [2.05, 4.69) is 10.3 Å². The number of benzene rings is 1. The summed E-state index contributed by atoms with van der Waals surface area (Å²) < 4.78 is 55.1. The van der Waals surface area contributed by atoms with Crippen LogP contribution in [-0.4, -0.2) is 40.8 Å². The van der Waals surface area contributed by atoms with Gasteiger partial charge in [0, 0.05) is 19.6 Å². The van der Waals surface area contributed by atoms with Crippen molar-refractivity contribution in [2.24, 2.45) is 11.7 Å². The molecule has 10 heteroatoms. The number of rotatable bonds is 5. The fourth-order valence-electron chi connectivity index (χ4n) is 3.13. The number of hydrogen-bond donors (Lipinski definition) is 1. The molecule has 1 aromatic carbocycles. The molecule has 0 saturated carbocycles. The normalized spacial score (nSPS) is 19.4. The Labute approximate surface area is 157 Å². The highest BCUT2D eigenvalue weighted by molar-refractivity contribution is 7.89. The number of nitrogens with zero attached hydrogens (tertiary/aromatic N) is 4. The van der Waals surface area contributed by atoms with Gasteiger partial charge in [-0.1, -0.05) is 5.21 Å². The average Bonchev–Trinajstić information content (AvgIpc) is 3.06. The molecule has 2 aromatic rings. The van der Waals surface area contributed by atoms with Crippen LogP contribution in [0.3, 0.4) is 0 Å². The monoisotopic (exact) mass is 399 g/mol. The van der Waals surface area contributed by atoms with Crippen LogP contribution in [0.2, 0.25) is 0 Å². The number of aromatic nitrogens is 3. The van der Waals surface area contributed by atoms with Crippen LogP contribution in [0.5, 0.6) is 0 Å². The summed E-state index contributed by atoms with van der Waals surface area (Å²) >= 11 is 0. The van der Waals surface area contributed by atoms with Gasteiger partial charge >= 0.3 is 0 Å². The molecular weight excluding hydrogens is 376 g/mol. The Kier molecular flexibility index (Phi) is 5.33. The molecule has 2 N–H and O–H groups in total. The second-order valence-corrected chi connectivity index (χ2v) is 9.43. The first-order valence-electron chi connectivity index (χ1n) is 8.72. The summed E-state index contributed by atoms with van der Waals surface area (Å²) in [5.41, 5.74) is 6.06. The maximum Gasteiger partial charge on any atom is 0.243 e. The van der Waals surface area contributed by atoms with E-state index in [-0.39, 0.29) is 17.4 Å². The zero-order valence-electron chi connectivity index (χ0n) is 15.3. The molecule has 1 atom stereocenters. The fraction of sp³-hybridized carbons (Fsp3) is 0.529. The fourth-order valence-corrected chi connectivity index (χ4v) is 4.70. The molecule has 0 radical (unpaired) electrons. The van der Waals surface area contributed by atoms with Crippen molar-refractivity contribution in [1.29, 1.82) is 0 Å². The summed E-state index contributed by atoms with van der Waals surface area (Å²) in [5, 5.41) is 8.14. The van der Waals surface area contributed by atoms with E-state index in [1.165, 1.54) is 4.31 Å². The van der Waals surface area contributed by atoms with Gasteiger partial charge in [0.05, 0.1) is 16.6 Å². The number of nitrogens with two attached hydrogens (primary N) is 1. The molecule has 0 amide bonds. The second kappa shape index (κ2) is 7.25. The second-order valence-electron chi connectivity index (χ2n) is 7.49. The number of sulfonamides is 1. The van der Waals surface area contributed by atoms with E-state index in [0.29, 0.717) is 25.2 Å². The summed E-state index contributed by atoms with van der Waals surface area (Å²) in [6.07, 6.45) is 3.28. The van der Waals surface area contributed by atoms with Gasteiger partial charge in [-0.25, -0.2) is 17.2 Å². The smallest absolute Gasteiger partial charge is 0.243 e. The maximum absolute atomic E-state index is 13.5. The standard InChI is InChI=1S/C17H23F2N5O2S/c1-17(2,20)16-11-23(22-21-16)9-12-4-3-7-24(10-12)27(25,26)13-5-6-14(18)15(19)8-13/h5-6,8,11-12H,3-4,7,9-10,20H2,1-2H3. The van der Waals surface area contributed by atoms with Crippen LogP contribution in [0.1, 0.15) is 32.4 Å². The minimum absolute atomic E-state index is 0.0363. The zero-order valence-corrected chi connectivity index (χ0v) is 16.1. The molecule has 1 aliphatic heterocycles. The van der Waals surface area contributed by atoms with Crippen molar-refractivity contribution < 1.29 is 17.2 Å². The van der Waals surface area contributed by atoms with E-state index < -0.39 is 27.2 Å². The van der Waals surface area contributed by atoms with E-state index in [9.17, 15) is 17.2 Å². The zero-order chi connectivity index (χ0) is 19.8. The molecule has 1 fully saturated rings. The molecule has 148 valence electrons. The molecule has 2 heterocycles. The highest BCUT2D eigenvalue weighted by atomic mass is 32.2. The summed E-state index contributed by atoms with van der Waals surface area (Å²) in [6, 6.07) is 2.64. The van der Waals surface area contributed by atoms with E-state index in [4.69, 9.17) is 5.73 Å². The van der Waals surface area contributed by atoms with Crippen molar-refractivity contribution in [3.05, 3.63) is 41.7 Å². The van der Waals surface area contributed by atoms with Crippen LogP contribution < -0.4 is 5.73 Å². The third-order valence-corrected chi connectivity index (χ3v) is 6.52. The molecule has 1 aliphatic rings. The van der Waals surface area contributed by atoms with Crippen LogP contribution in [0, 0.1) is 17.6 Å². The Morgan fingerprint density at radius 1 is 1.30 bits per heavy atom. The Morgan fingerprint density at radius 2 is 2.04 bits per heavy atom. The van der Waals surface area contributed by atoms with Crippen LogP contribution in [0.25, 0.3) is 0 Å². The largest absolute Gasteiger partial charge is 0.320 e. The molecule has 3 rings (SSSR count). The van der Waals surface area contributed by atoms with Crippen molar-refractivity contribution in [2.45, 2.75) is 43.7 Å². The van der Waals surface area contributed by atoms with Crippen molar-refractivity contribution in [1.82, 2.24) is 19.3 Å². The minimum Gasteiger partial charge on any atom is -0.320 e. The first-order valence-corrected chi connectivity index (χ1v) is 10.2. The molecule has 0 spiro atoms. The van der Waals surface area contributed by atoms with Crippen LogP contribution in [-0.2, 0) is 22.1 Å². The molecule has 0 aliphatic carbocycles. The van der Waals surface area contributed by atoms with Crippen molar-refractivity contribution >= 4 is 10.0 Å². The lowest BCUT2D eigenvalue weighted by Gasteiger charge is -2.31. The van der Waals surface area contributed by atoms with Crippen LogP contribution in [0.4, 0.5) is 8.78 Å². The number of piperidine rings is 1. The number of halogens is 2. The highest BCUT2D eigenvalue weighted by Crippen LogP contribution is 2.26. The highest BCUT2D eigenvalue weighted by Gasteiger charge is 2.31. The van der Waals surface area contributed by atoms with E-state index in [1.807, 2.05) is 13.8 Å². The van der Waals surface area contributed by atoms with Crippen LogP contribution >= 0.6 is 0 Å². The topological polar surface area (TPSA) is 94.1 Å². The first kappa shape index (κ1) is 19.8. The Balaban J connectivity index is 1.73. The van der Waals surface area contributed by atoms with E-state index in [1.54, 1.807) is 10.9 Å². The molecule has 0 bridgehead atoms. The van der Waals surface area contributed by atoms with Gasteiger partial charge in [0.15, 0.2) is 11.6 Å². The van der Waals surface area contributed by atoms with Crippen molar-refractivity contribution in [2.75, 3.05) is 13.1 Å². The summed E-state index contributed by atoms with van der Waals surface area (Å²) in [4.78, 5) is -0.241. The molecule has 7 nitrogen and oxygen atoms in total. The van der Waals surface area contributed by atoms with E-state index in [0.717, 1.165) is 24.6 Å². The minimum atomic E-state index is -3.88. The van der Waals surface area contributed by atoms with Gasteiger partial charge in [-0.2, -0.15) is 4.31 Å². The Morgan fingerprint density at radius 3 is 2.67 bits per heavy atom. The van der Waals surface area contributed by atoms with Gasteiger partial charge in [-0.05, 0) is 50.8 Å². The first-order chi connectivity index (χ1) is 12.6. The van der Waals surface area contributed by atoms with Crippen molar-refractivity contribution in [3.8, 4) is 0 Å². The summed E-state index contributed by atoms with van der Waals surface area (Å²) in [6.45, 7) is 4.79. The lowest BCUT2D eigenvalue weighted by molar-refractivity contribution is 0.238. The van der Waals surface area contributed by atoms with Gasteiger partial charge < -0.3 is 5.73 Å². The van der Waals surface area contributed by atoms with Crippen LogP contribution in [0.15, 0.2) is 29.3 Å². The van der Waals surface area contributed by atoms with E-state index >= 15 is 0 Å². The third-order valence-electron chi connectivity index (χ3n) is 4.65. The number of hydrogen-bond acceptors (Lipinski definition) is 5. The SMILES string of the molecule is CC(C)(N)c1cn(CC2CCCN(S(=O)(=O)c3ccc(F)c(F)c3)C2)nn1. The predicted octanol–water partition coefficient (Wildman–Crippen LogP) is 1.85. The Hall–Kier alpha value is -1.91. The quantitative estimate of drug-likeness (QED) is 0.828. The Bertz CT molecular complexity index is 924. The van der Waals surface area contributed by atoms with Gasteiger partial charge in [0.25, 0.3) is 0 Å². The molecule has 27 heavy (non-hydrogen) atoms. The lowest BCUT2D eigenvalue weighted by atomic mass is 9.99. The van der Waals surface area contributed by atoms with Gasteiger partial charge in [-0.15, -0.1) is 5.10 Å². The summed E-state index contributed by atoms with van der Waals surface area (Å²) in [7, 11) is -3.88.